The lowest BCUT2D eigenvalue weighted by Crippen LogP contribution is -2.43. The second-order valence-corrected chi connectivity index (χ2v) is 11.5. The normalized spacial score (nSPS) is 23.1. The number of nitrogens with zero attached hydrogens (tertiary/aromatic N) is 4. The summed E-state index contributed by atoms with van der Waals surface area (Å²) in [5.41, 5.74) is 7.86. The van der Waals surface area contributed by atoms with Gasteiger partial charge in [-0.3, -0.25) is 0 Å². The van der Waals surface area contributed by atoms with Crippen molar-refractivity contribution in [2.45, 2.75) is 57.2 Å². The molecule has 0 amide bonds. The number of aromatic nitrogens is 4. The number of hydrogen-bond donors (Lipinski definition) is 2. The summed E-state index contributed by atoms with van der Waals surface area (Å²) in [6.45, 7) is 7.49. The number of halogens is 3. The number of para-hydroxylation sites is 1. The van der Waals surface area contributed by atoms with Crippen LogP contribution in [0.5, 0.6) is 0 Å². The van der Waals surface area contributed by atoms with Crippen molar-refractivity contribution in [2.75, 3.05) is 18.1 Å². The molecule has 0 saturated heterocycles. The average Bonchev–Trinajstić information content (AvgIpc) is 3.61. The maximum atomic E-state index is 13.2. The first-order chi connectivity index (χ1) is 19.1. The molecule has 2 unspecified atom stereocenters. The number of rotatable bonds is 3. The average molecular weight is 546 g/mol. The van der Waals surface area contributed by atoms with E-state index in [1.807, 2.05) is 11.1 Å². The van der Waals surface area contributed by atoms with E-state index in [9.17, 15) is 18.3 Å². The van der Waals surface area contributed by atoms with Gasteiger partial charge in [-0.05, 0) is 55.2 Å². The number of alkyl halides is 3. The van der Waals surface area contributed by atoms with Gasteiger partial charge < -0.3 is 15.0 Å². The summed E-state index contributed by atoms with van der Waals surface area (Å²) in [4.78, 5) is 9.64. The van der Waals surface area contributed by atoms with Crippen LogP contribution in [-0.4, -0.2) is 38.0 Å². The summed E-state index contributed by atoms with van der Waals surface area (Å²) in [6.07, 6.45) is 2.13. The standard InChI is InChI=1S/C31H30F3N5O/c1-4-18-6-5-7-20-23-14-29(2,17-40)27-22(10-12-35-27)30(23,3)28-21-16-38(13-11-24(21)37-39(28)26(18)20)25-9-8-19(15-36-25)31(32,33)34/h5-10,12,14-15,35,40H,4,11,13,16-17H2,1-3H3. The van der Waals surface area contributed by atoms with E-state index in [-0.39, 0.29) is 6.61 Å². The number of allylic oxidation sites excluding steroid dienone is 1. The Morgan fingerprint density at radius 2 is 1.95 bits per heavy atom. The summed E-state index contributed by atoms with van der Waals surface area (Å²) in [7, 11) is 0. The van der Waals surface area contributed by atoms with Crippen LogP contribution in [-0.2, 0) is 36.4 Å². The second-order valence-electron chi connectivity index (χ2n) is 11.5. The number of nitrogens with one attached hydrogen (secondary N) is 1. The van der Waals surface area contributed by atoms with Crippen LogP contribution in [0.25, 0.3) is 11.3 Å². The van der Waals surface area contributed by atoms with E-state index in [0.29, 0.717) is 25.3 Å². The van der Waals surface area contributed by atoms with Crippen LogP contribution >= 0.6 is 0 Å². The van der Waals surface area contributed by atoms with Gasteiger partial charge in [0, 0.05) is 54.1 Å². The van der Waals surface area contributed by atoms with Crippen molar-refractivity contribution in [3.05, 3.63) is 99.8 Å². The molecule has 2 N–H and O–H groups in total. The van der Waals surface area contributed by atoms with Gasteiger partial charge in [0.15, 0.2) is 0 Å². The number of aryl methyl sites for hydroxylation is 1. The molecule has 0 radical (unpaired) electrons. The van der Waals surface area contributed by atoms with Crippen LogP contribution in [0.4, 0.5) is 19.0 Å². The highest BCUT2D eigenvalue weighted by atomic mass is 19.4. The third kappa shape index (κ3) is 3.27. The molecule has 0 spiro atoms. The van der Waals surface area contributed by atoms with Gasteiger partial charge in [0.2, 0.25) is 0 Å². The Labute approximate surface area is 230 Å². The number of aromatic amines is 1. The smallest absolute Gasteiger partial charge is 0.395 e. The van der Waals surface area contributed by atoms with Crippen molar-refractivity contribution in [3.63, 3.8) is 0 Å². The molecule has 6 nitrogen and oxygen atoms in total. The molecular weight excluding hydrogens is 515 g/mol. The maximum absolute atomic E-state index is 13.2. The summed E-state index contributed by atoms with van der Waals surface area (Å²) >= 11 is 0. The topological polar surface area (TPSA) is 70.0 Å². The van der Waals surface area contributed by atoms with Crippen LogP contribution in [0.1, 0.15) is 65.7 Å². The number of fused-ring (bicyclic) bond motifs is 10. The van der Waals surface area contributed by atoms with Crippen LogP contribution in [0.15, 0.2) is 54.9 Å². The minimum Gasteiger partial charge on any atom is -0.395 e. The first-order valence-electron chi connectivity index (χ1n) is 13.6. The fourth-order valence-electron chi connectivity index (χ4n) is 6.99. The molecule has 2 atom stereocenters. The van der Waals surface area contributed by atoms with Gasteiger partial charge in [-0.1, -0.05) is 31.2 Å². The molecular formula is C31H30F3N5O. The molecule has 4 aromatic rings. The second kappa shape index (κ2) is 8.33. The number of benzene rings is 1. The predicted molar refractivity (Wildman–Crippen MR) is 147 cm³/mol. The summed E-state index contributed by atoms with van der Waals surface area (Å²) < 4.78 is 41.7. The van der Waals surface area contributed by atoms with Crippen molar-refractivity contribution < 1.29 is 18.3 Å². The van der Waals surface area contributed by atoms with Gasteiger partial charge >= 0.3 is 6.18 Å². The molecule has 40 heavy (non-hydrogen) atoms. The van der Waals surface area contributed by atoms with Crippen molar-refractivity contribution in [1.82, 2.24) is 19.7 Å². The van der Waals surface area contributed by atoms with Crippen molar-refractivity contribution >= 4 is 11.4 Å². The van der Waals surface area contributed by atoms with E-state index in [4.69, 9.17) is 5.10 Å². The Kier molecular flexibility index (Phi) is 5.24. The quantitative estimate of drug-likeness (QED) is 0.346. The SMILES string of the molecule is CCc1cccc2c1-n1nc3c(c1C1(C)C2=CC(C)(CO)c2[nH]ccc21)CN(c1ccc(C(F)(F)F)cn1)CC3. The van der Waals surface area contributed by atoms with Crippen molar-refractivity contribution in [1.29, 1.82) is 0 Å². The Balaban J connectivity index is 1.45. The van der Waals surface area contributed by atoms with E-state index in [1.54, 1.807) is 0 Å². The van der Waals surface area contributed by atoms with E-state index >= 15 is 0 Å². The number of pyridine rings is 1. The molecule has 2 aliphatic heterocycles. The largest absolute Gasteiger partial charge is 0.417 e. The lowest BCUT2D eigenvalue weighted by atomic mass is 9.60. The highest BCUT2D eigenvalue weighted by molar-refractivity contribution is 5.90. The first-order valence-corrected chi connectivity index (χ1v) is 13.6. The van der Waals surface area contributed by atoms with Gasteiger partial charge in [-0.25, -0.2) is 9.67 Å². The van der Waals surface area contributed by atoms with Crippen molar-refractivity contribution in [3.8, 4) is 5.69 Å². The molecule has 1 aromatic carbocycles. The summed E-state index contributed by atoms with van der Waals surface area (Å²) in [6, 6.07) is 11.0. The van der Waals surface area contributed by atoms with Crippen molar-refractivity contribution in [2.24, 2.45) is 0 Å². The molecule has 206 valence electrons. The van der Waals surface area contributed by atoms with Crippen LogP contribution in [0.2, 0.25) is 0 Å². The zero-order chi connectivity index (χ0) is 28.0. The van der Waals surface area contributed by atoms with Gasteiger partial charge in [0.25, 0.3) is 0 Å². The monoisotopic (exact) mass is 545 g/mol. The third-order valence-corrected chi connectivity index (χ3v) is 9.10. The highest BCUT2D eigenvalue weighted by Crippen LogP contribution is 2.57. The first kappa shape index (κ1) is 25.1. The molecule has 3 aliphatic rings. The number of anilines is 1. The van der Waals surface area contributed by atoms with Crippen LogP contribution < -0.4 is 4.90 Å². The lowest BCUT2D eigenvalue weighted by molar-refractivity contribution is -0.137. The number of aliphatic hydroxyl groups is 1. The van der Waals surface area contributed by atoms with E-state index in [1.165, 1.54) is 11.6 Å². The van der Waals surface area contributed by atoms with Gasteiger partial charge in [0.05, 0.1) is 34.7 Å². The molecule has 1 aliphatic carbocycles. The molecule has 0 fully saturated rings. The zero-order valence-electron chi connectivity index (χ0n) is 22.6. The van der Waals surface area contributed by atoms with Crippen LogP contribution in [0, 0.1) is 0 Å². The number of H-pyrrole nitrogens is 1. The maximum Gasteiger partial charge on any atom is 0.417 e. The minimum atomic E-state index is -4.42. The van der Waals surface area contributed by atoms with Crippen LogP contribution in [0.3, 0.4) is 0 Å². The summed E-state index contributed by atoms with van der Waals surface area (Å²) in [5.74, 6) is 0.517. The van der Waals surface area contributed by atoms with E-state index in [0.717, 1.165) is 63.7 Å². The van der Waals surface area contributed by atoms with Gasteiger partial charge in [-0.2, -0.15) is 18.3 Å². The molecule has 0 bridgehead atoms. The molecule has 9 heteroatoms. The van der Waals surface area contributed by atoms with Gasteiger partial charge in [-0.15, -0.1) is 0 Å². The molecule has 7 rings (SSSR count). The molecule has 0 saturated carbocycles. The Morgan fingerprint density at radius 3 is 2.65 bits per heavy atom. The molecule has 5 heterocycles. The Bertz CT molecular complexity index is 1680. The molecule has 3 aromatic heterocycles. The minimum absolute atomic E-state index is 0.0341. The summed E-state index contributed by atoms with van der Waals surface area (Å²) in [5, 5.41) is 15.7. The number of hydrogen-bond acceptors (Lipinski definition) is 4. The van der Waals surface area contributed by atoms with E-state index in [2.05, 4.69) is 65.8 Å². The van der Waals surface area contributed by atoms with E-state index < -0.39 is 22.6 Å². The Morgan fingerprint density at radius 1 is 1.12 bits per heavy atom. The predicted octanol–water partition coefficient (Wildman–Crippen LogP) is 5.71. The fraction of sp³-hybridized carbons (Fsp3) is 0.355. The Hall–Kier alpha value is -3.85. The van der Waals surface area contributed by atoms with Gasteiger partial charge in [0.1, 0.15) is 5.82 Å². The lowest BCUT2D eigenvalue weighted by Gasteiger charge is -2.46. The third-order valence-electron chi connectivity index (χ3n) is 9.10. The highest BCUT2D eigenvalue weighted by Gasteiger charge is 2.52. The zero-order valence-corrected chi connectivity index (χ0v) is 22.6. The number of aliphatic hydroxyl groups excluding tert-OH is 1. The fourth-order valence-corrected chi connectivity index (χ4v) is 6.99.